The van der Waals surface area contributed by atoms with Gasteiger partial charge in [-0.15, -0.1) is 5.11 Å². The average molecular weight is 448 g/mol. The van der Waals surface area contributed by atoms with Crippen LogP contribution in [0.1, 0.15) is 56.2 Å². The molecule has 0 heterocycles. The van der Waals surface area contributed by atoms with Crippen molar-refractivity contribution in [2.75, 3.05) is 5.32 Å². The molecule has 170 valence electrons. The standard InChI is InChI=1S/C23H24N6O4/c1-4-5-6-7-22(33-16(3)30)26-19-8-9-21(15(2)10-19)27-28-23-17(13-24)11-20(29(31)32)12-18(23)14-25/h8-12,22,26H,4-7H2,1-3H3. The zero-order valence-corrected chi connectivity index (χ0v) is 18.7. The van der Waals surface area contributed by atoms with E-state index in [4.69, 9.17) is 4.74 Å². The van der Waals surface area contributed by atoms with Gasteiger partial charge in [0.25, 0.3) is 5.69 Å². The molecule has 2 aromatic carbocycles. The molecule has 2 rings (SSSR count). The highest BCUT2D eigenvalue weighted by Crippen LogP contribution is 2.32. The second-order valence-corrected chi connectivity index (χ2v) is 7.31. The zero-order valence-electron chi connectivity index (χ0n) is 18.7. The Morgan fingerprint density at radius 3 is 2.36 bits per heavy atom. The Morgan fingerprint density at radius 2 is 1.85 bits per heavy atom. The first kappa shape index (κ1) is 25.0. The molecule has 0 radical (unpaired) electrons. The Kier molecular flexibility index (Phi) is 9.01. The van der Waals surface area contributed by atoms with E-state index in [1.54, 1.807) is 12.1 Å². The van der Waals surface area contributed by atoms with Crippen molar-refractivity contribution >= 4 is 28.7 Å². The van der Waals surface area contributed by atoms with Gasteiger partial charge in [0.05, 0.1) is 21.7 Å². The summed E-state index contributed by atoms with van der Waals surface area (Å²) in [6.45, 7) is 5.27. The second kappa shape index (κ2) is 11.9. The van der Waals surface area contributed by atoms with Gasteiger partial charge in [-0.2, -0.15) is 15.6 Å². The summed E-state index contributed by atoms with van der Waals surface area (Å²) >= 11 is 0. The van der Waals surface area contributed by atoms with E-state index in [1.807, 2.05) is 25.1 Å². The first-order valence-corrected chi connectivity index (χ1v) is 10.4. The van der Waals surface area contributed by atoms with Crippen molar-refractivity contribution in [1.29, 1.82) is 10.5 Å². The molecule has 0 aliphatic carbocycles. The van der Waals surface area contributed by atoms with Crippen LogP contribution in [0, 0.1) is 39.7 Å². The fourth-order valence-electron chi connectivity index (χ4n) is 3.09. The summed E-state index contributed by atoms with van der Waals surface area (Å²) < 4.78 is 5.35. The number of nitro benzene ring substituents is 1. The third kappa shape index (κ3) is 7.11. The van der Waals surface area contributed by atoms with Crippen molar-refractivity contribution in [3.05, 3.63) is 57.1 Å². The lowest BCUT2D eigenvalue weighted by molar-refractivity contribution is -0.384. The Morgan fingerprint density at radius 1 is 1.18 bits per heavy atom. The fourth-order valence-corrected chi connectivity index (χ4v) is 3.09. The average Bonchev–Trinajstić information content (AvgIpc) is 2.77. The van der Waals surface area contributed by atoms with Crippen LogP contribution in [0.2, 0.25) is 0 Å². The third-order valence-electron chi connectivity index (χ3n) is 4.71. The maximum absolute atomic E-state index is 11.4. The number of nitrogens with one attached hydrogen (secondary N) is 1. The van der Waals surface area contributed by atoms with Gasteiger partial charge in [-0.05, 0) is 37.1 Å². The third-order valence-corrected chi connectivity index (χ3v) is 4.71. The summed E-state index contributed by atoms with van der Waals surface area (Å²) in [4.78, 5) is 21.7. The first-order valence-electron chi connectivity index (χ1n) is 10.4. The number of aryl methyl sites for hydroxylation is 1. The topological polar surface area (TPSA) is 154 Å². The molecule has 0 bridgehead atoms. The molecular formula is C23H24N6O4. The number of rotatable bonds is 10. The quantitative estimate of drug-likeness (QED) is 0.118. The van der Waals surface area contributed by atoms with Crippen molar-refractivity contribution in [2.24, 2.45) is 10.2 Å². The van der Waals surface area contributed by atoms with Gasteiger partial charge in [-0.1, -0.05) is 19.8 Å². The number of carbonyl (C=O) groups is 1. The zero-order chi connectivity index (χ0) is 24.4. The van der Waals surface area contributed by atoms with E-state index >= 15 is 0 Å². The van der Waals surface area contributed by atoms with Crippen LogP contribution in [0.25, 0.3) is 0 Å². The monoisotopic (exact) mass is 448 g/mol. The van der Waals surface area contributed by atoms with Gasteiger partial charge in [0, 0.05) is 31.2 Å². The Labute approximate surface area is 191 Å². The highest BCUT2D eigenvalue weighted by molar-refractivity contribution is 5.68. The van der Waals surface area contributed by atoms with E-state index in [1.165, 1.54) is 6.92 Å². The molecule has 33 heavy (non-hydrogen) atoms. The van der Waals surface area contributed by atoms with Gasteiger partial charge in [-0.3, -0.25) is 14.9 Å². The van der Waals surface area contributed by atoms with Gasteiger partial charge in [-0.25, -0.2) is 0 Å². The minimum absolute atomic E-state index is 0.0296. The smallest absolute Gasteiger partial charge is 0.304 e. The molecule has 2 aromatic rings. The first-order chi connectivity index (χ1) is 15.8. The summed E-state index contributed by atoms with van der Waals surface area (Å²) in [6.07, 6.45) is 3.25. The summed E-state index contributed by atoms with van der Waals surface area (Å²) in [6, 6.07) is 11.0. The van der Waals surface area contributed by atoms with E-state index in [0.29, 0.717) is 12.1 Å². The SMILES string of the molecule is CCCCCC(Nc1ccc(N=Nc2c(C#N)cc([N+](=O)[O-])cc2C#N)c(C)c1)OC(C)=O. The number of benzene rings is 2. The number of anilines is 1. The predicted molar refractivity (Wildman–Crippen MR) is 121 cm³/mol. The van der Waals surface area contributed by atoms with Crippen LogP contribution < -0.4 is 5.32 Å². The van der Waals surface area contributed by atoms with E-state index in [2.05, 4.69) is 22.5 Å². The number of azo groups is 1. The lowest BCUT2D eigenvalue weighted by Crippen LogP contribution is -2.25. The van der Waals surface area contributed by atoms with Gasteiger partial charge in [0.2, 0.25) is 0 Å². The van der Waals surface area contributed by atoms with Crippen molar-refractivity contribution < 1.29 is 14.5 Å². The largest absolute Gasteiger partial charge is 0.442 e. The molecule has 1 unspecified atom stereocenters. The normalized spacial score (nSPS) is 11.4. The fraction of sp³-hybridized carbons (Fsp3) is 0.348. The Hall–Kier alpha value is -4.31. The highest BCUT2D eigenvalue weighted by Gasteiger charge is 2.17. The maximum Gasteiger partial charge on any atom is 0.304 e. The Balaban J connectivity index is 2.27. The Bertz CT molecular complexity index is 1110. The number of esters is 1. The number of nitro groups is 1. The summed E-state index contributed by atoms with van der Waals surface area (Å²) in [7, 11) is 0. The minimum Gasteiger partial charge on any atom is -0.442 e. The number of unbranched alkanes of at least 4 members (excludes halogenated alkanes) is 2. The maximum atomic E-state index is 11.4. The lowest BCUT2D eigenvalue weighted by atomic mass is 10.1. The van der Waals surface area contributed by atoms with Crippen LogP contribution >= 0.6 is 0 Å². The van der Waals surface area contributed by atoms with Crippen LogP contribution in [0.3, 0.4) is 0 Å². The molecule has 1 atom stereocenters. The molecule has 10 nitrogen and oxygen atoms in total. The van der Waals surface area contributed by atoms with Crippen molar-refractivity contribution in [1.82, 2.24) is 0 Å². The van der Waals surface area contributed by atoms with Crippen molar-refractivity contribution in [2.45, 2.75) is 52.7 Å². The number of nitriles is 2. The molecule has 0 aliphatic heterocycles. The number of nitrogens with zero attached hydrogens (tertiary/aromatic N) is 5. The molecule has 0 saturated carbocycles. The van der Waals surface area contributed by atoms with Crippen LogP contribution in [0.15, 0.2) is 40.6 Å². The van der Waals surface area contributed by atoms with Crippen LogP contribution in [0.5, 0.6) is 0 Å². The lowest BCUT2D eigenvalue weighted by Gasteiger charge is -2.20. The van der Waals surface area contributed by atoms with Gasteiger partial charge in [0.1, 0.15) is 17.8 Å². The summed E-state index contributed by atoms with van der Waals surface area (Å²) in [5.41, 5.74) is 1.35. The molecule has 0 aliphatic rings. The molecule has 0 fully saturated rings. The molecule has 0 amide bonds. The van der Waals surface area contributed by atoms with Gasteiger partial charge >= 0.3 is 5.97 Å². The number of hydrogen-bond acceptors (Lipinski definition) is 9. The van der Waals surface area contributed by atoms with E-state index in [0.717, 1.165) is 42.6 Å². The second-order valence-electron chi connectivity index (χ2n) is 7.31. The van der Waals surface area contributed by atoms with Crippen LogP contribution in [-0.2, 0) is 9.53 Å². The van der Waals surface area contributed by atoms with E-state index in [9.17, 15) is 25.4 Å². The number of hydrogen-bond donors (Lipinski definition) is 1. The number of non-ortho nitro benzene ring substituents is 1. The molecular weight excluding hydrogens is 424 g/mol. The van der Waals surface area contributed by atoms with Crippen molar-refractivity contribution in [3.8, 4) is 12.1 Å². The summed E-state index contributed by atoms with van der Waals surface area (Å²) in [5.74, 6) is -0.365. The number of carbonyl (C=O) groups excluding carboxylic acids is 1. The minimum atomic E-state index is -0.677. The van der Waals surface area contributed by atoms with Crippen LogP contribution in [-0.4, -0.2) is 17.1 Å². The van der Waals surface area contributed by atoms with Gasteiger partial charge in [0.15, 0.2) is 6.23 Å². The molecule has 1 N–H and O–H groups in total. The molecule has 0 spiro atoms. The molecule has 0 aromatic heterocycles. The molecule has 0 saturated heterocycles. The summed E-state index contributed by atoms with van der Waals surface area (Å²) in [5, 5.41) is 41.0. The van der Waals surface area contributed by atoms with Crippen LogP contribution in [0.4, 0.5) is 22.7 Å². The number of ether oxygens (including phenoxy) is 1. The van der Waals surface area contributed by atoms with E-state index in [-0.39, 0.29) is 28.5 Å². The highest BCUT2D eigenvalue weighted by atomic mass is 16.6. The predicted octanol–water partition coefficient (Wildman–Crippen LogP) is 5.94. The van der Waals surface area contributed by atoms with Crippen molar-refractivity contribution in [3.63, 3.8) is 0 Å². The van der Waals surface area contributed by atoms with Gasteiger partial charge < -0.3 is 10.1 Å². The molecule has 10 heteroatoms. The van der Waals surface area contributed by atoms with E-state index < -0.39 is 11.2 Å².